The molecule has 1 aliphatic rings. The third-order valence-electron chi connectivity index (χ3n) is 10.9. The highest BCUT2D eigenvalue weighted by Crippen LogP contribution is 2.44. The molecule has 62 heavy (non-hydrogen) atoms. The number of hydrogen-bond donors (Lipinski definition) is 7. The summed E-state index contributed by atoms with van der Waals surface area (Å²) in [6.07, 6.45) is -0.212. The van der Waals surface area contributed by atoms with Gasteiger partial charge in [-0.25, -0.2) is 9.59 Å². The number of aromatic amines is 1. The lowest BCUT2D eigenvalue weighted by atomic mass is 9.98. The van der Waals surface area contributed by atoms with Gasteiger partial charge < -0.3 is 41.2 Å². The molecule has 0 radical (unpaired) electrons. The van der Waals surface area contributed by atoms with Crippen LogP contribution < -0.4 is 21.3 Å². The summed E-state index contributed by atoms with van der Waals surface area (Å²) in [4.78, 5) is 83.1. The topological polar surface area (TPSA) is 216 Å². The van der Waals surface area contributed by atoms with Crippen molar-refractivity contribution in [3.8, 4) is 11.1 Å². The Morgan fingerprint density at radius 3 is 1.63 bits per heavy atom. The van der Waals surface area contributed by atoms with Crippen LogP contribution in [0.1, 0.15) is 40.2 Å². The van der Waals surface area contributed by atoms with Crippen molar-refractivity contribution in [1.82, 2.24) is 26.3 Å². The van der Waals surface area contributed by atoms with Crippen LogP contribution in [0.2, 0.25) is 0 Å². The van der Waals surface area contributed by atoms with Gasteiger partial charge in [0.25, 0.3) is 0 Å². The molecule has 0 aliphatic heterocycles. The van der Waals surface area contributed by atoms with Gasteiger partial charge in [-0.2, -0.15) is 0 Å². The summed E-state index contributed by atoms with van der Waals surface area (Å²) in [6, 6.07) is 34.7. The van der Waals surface area contributed by atoms with Crippen LogP contribution in [0.4, 0.5) is 4.79 Å². The second-order valence-electron chi connectivity index (χ2n) is 15.1. The van der Waals surface area contributed by atoms with Crippen molar-refractivity contribution in [2.75, 3.05) is 6.61 Å². The molecule has 1 heterocycles. The monoisotopic (exact) mass is 835 g/mol. The molecule has 6 aromatic rings. The molecule has 0 spiro atoms. The Bertz CT molecular complexity index is 2530. The lowest BCUT2D eigenvalue weighted by molar-refractivity contribution is -0.143. The molecule has 1 aromatic heterocycles. The number of fused-ring (bicyclic) bond motifs is 4. The van der Waals surface area contributed by atoms with Crippen molar-refractivity contribution in [3.05, 3.63) is 167 Å². The van der Waals surface area contributed by atoms with Crippen molar-refractivity contribution < 1.29 is 43.7 Å². The Morgan fingerprint density at radius 1 is 0.548 bits per heavy atom. The van der Waals surface area contributed by atoms with Gasteiger partial charge >= 0.3 is 18.0 Å². The van der Waals surface area contributed by atoms with Gasteiger partial charge in [0.05, 0.1) is 6.42 Å². The summed E-state index contributed by atoms with van der Waals surface area (Å²) in [5.41, 5.74) is 6.85. The van der Waals surface area contributed by atoms with E-state index in [9.17, 15) is 39.0 Å². The second-order valence-corrected chi connectivity index (χ2v) is 15.1. The van der Waals surface area contributed by atoms with Gasteiger partial charge in [-0.05, 0) is 45.0 Å². The van der Waals surface area contributed by atoms with Gasteiger partial charge in [0, 0.05) is 42.3 Å². The van der Waals surface area contributed by atoms with Gasteiger partial charge in [-0.15, -0.1) is 0 Å². The highest BCUT2D eigenvalue weighted by atomic mass is 16.5. The first-order valence-corrected chi connectivity index (χ1v) is 20.1. The summed E-state index contributed by atoms with van der Waals surface area (Å²) in [6.45, 7) is -0.0125. The molecule has 0 saturated heterocycles. The quantitative estimate of drug-likeness (QED) is 0.0611. The third kappa shape index (κ3) is 10.3. The van der Waals surface area contributed by atoms with E-state index in [1.165, 1.54) is 0 Å². The van der Waals surface area contributed by atoms with Crippen molar-refractivity contribution in [2.24, 2.45) is 0 Å². The maximum atomic E-state index is 14.4. The lowest BCUT2D eigenvalue weighted by Gasteiger charge is -2.26. The van der Waals surface area contributed by atoms with Crippen LogP contribution in [0, 0.1) is 0 Å². The molecule has 316 valence electrons. The Kier molecular flexibility index (Phi) is 13.4. The lowest BCUT2D eigenvalue weighted by Crippen LogP contribution is -2.59. The third-order valence-corrected chi connectivity index (χ3v) is 10.9. The highest BCUT2D eigenvalue weighted by Gasteiger charge is 2.34. The predicted octanol–water partition coefficient (Wildman–Crippen LogP) is 5.12. The van der Waals surface area contributed by atoms with Crippen molar-refractivity contribution in [3.63, 3.8) is 0 Å². The van der Waals surface area contributed by atoms with E-state index in [4.69, 9.17) is 4.74 Å². The van der Waals surface area contributed by atoms with Crippen LogP contribution in [0.15, 0.2) is 140 Å². The number of alkyl carbamates (subject to hydrolysis) is 1. The Labute approximate surface area is 356 Å². The molecule has 4 atom stereocenters. The minimum atomic E-state index is -1.71. The first-order valence-electron chi connectivity index (χ1n) is 20.1. The molecule has 7 rings (SSSR count). The average molecular weight is 836 g/mol. The van der Waals surface area contributed by atoms with E-state index in [0.29, 0.717) is 16.7 Å². The van der Waals surface area contributed by atoms with E-state index >= 15 is 0 Å². The number of aliphatic carboxylic acids is 2. The standard InChI is InChI=1S/C48H45N5O9/c54-43(55)26-41(46(58)52-42(47(59)60)24-30-15-5-2-6-16-30)51-44(56)39(23-29-13-3-1-4-14-29)50-45(57)40(25-31-27-49-38-22-12-11-17-32(31)38)53-48(61)62-28-37-35-20-9-7-18-33(35)34-19-8-10-21-36(34)37/h1-22,27,37,39-42,49H,23-26,28H2,(H,50,57)(H,51,56)(H,52,58)(H,53,61)(H,54,55)(H,59,60)/t39-,40-,41-,42-/m0/s1. The zero-order valence-electron chi connectivity index (χ0n) is 33.5. The highest BCUT2D eigenvalue weighted by molar-refractivity contribution is 5.96. The van der Waals surface area contributed by atoms with Crippen molar-refractivity contribution in [1.29, 1.82) is 0 Å². The number of ether oxygens (including phenoxy) is 1. The number of para-hydroxylation sites is 1. The number of carbonyl (C=O) groups is 6. The fourth-order valence-corrected chi connectivity index (χ4v) is 7.82. The van der Waals surface area contributed by atoms with Gasteiger partial charge in [-0.1, -0.05) is 127 Å². The molecule has 0 saturated carbocycles. The van der Waals surface area contributed by atoms with Gasteiger partial charge in [0.15, 0.2) is 0 Å². The molecular weight excluding hydrogens is 791 g/mol. The molecular formula is C48H45N5O9. The Morgan fingerprint density at radius 2 is 1.03 bits per heavy atom. The fourth-order valence-electron chi connectivity index (χ4n) is 7.82. The number of nitrogens with one attached hydrogen (secondary N) is 5. The number of carboxylic acids is 2. The smallest absolute Gasteiger partial charge is 0.407 e. The van der Waals surface area contributed by atoms with Crippen LogP contribution in [0.5, 0.6) is 0 Å². The Balaban J connectivity index is 1.11. The van der Waals surface area contributed by atoms with Crippen molar-refractivity contribution >= 4 is 46.7 Å². The Hall–Kier alpha value is -7.74. The molecule has 0 fully saturated rings. The normalized spacial score (nSPS) is 13.7. The predicted molar refractivity (Wildman–Crippen MR) is 230 cm³/mol. The number of H-pyrrole nitrogens is 1. The minimum Gasteiger partial charge on any atom is -0.481 e. The molecule has 14 nitrogen and oxygen atoms in total. The van der Waals surface area contributed by atoms with Crippen LogP contribution in [0.3, 0.4) is 0 Å². The maximum absolute atomic E-state index is 14.4. The van der Waals surface area contributed by atoms with Crippen LogP contribution in [-0.2, 0) is 48.0 Å². The van der Waals surface area contributed by atoms with Crippen LogP contribution >= 0.6 is 0 Å². The van der Waals surface area contributed by atoms with Gasteiger partial charge in [-0.3, -0.25) is 19.2 Å². The minimum absolute atomic E-state index is 0.0121. The van der Waals surface area contributed by atoms with Gasteiger partial charge in [0.1, 0.15) is 30.8 Å². The summed E-state index contributed by atoms with van der Waals surface area (Å²) >= 11 is 0. The second kappa shape index (κ2) is 19.5. The first-order chi connectivity index (χ1) is 30.0. The maximum Gasteiger partial charge on any atom is 0.407 e. The van der Waals surface area contributed by atoms with E-state index in [1.54, 1.807) is 66.9 Å². The van der Waals surface area contributed by atoms with Crippen LogP contribution in [0.25, 0.3) is 22.0 Å². The van der Waals surface area contributed by atoms with E-state index in [-0.39, 0.29) is 31.8 Å². The number of rotatable bonds is 18. The zero-order valence-corrected chi connectivity index (χ0v) is 33.5. The molecule has 4 amide bonds. The molecule has 0 bridgehead atoms. The molecule has 1 aliphatic carbocycles. The molecule has 5 aromatic carbocycles. The summed E-state index contributed by atoms with van der Waals surface area (Å²) in [5, 5.41) is 30.7. The SMILES string of the molecule is O=C(O)C[C@H](NC(=O)[C@H](Cc1ccccc1)NC(=O)[C@H](Cc1c[nH]c2ccccc12)NC(=O)OCC1c2ccccc2-c2ccccc21)C(=O)N[C@@H](Cc1ccccc1)C(=O)O. The number of hydrogen-bond acceptors (Lipinski definition) is 7. The fraction of sp³-hybridized carbons (Fsp3) is 0.208. The number of benzene rings is 5. The van der Waals surface area contributed by atoms with E-state index in [0.717, 1.165) is 33.2 Å². The van der Waals surface area contributed by atoms with Gasteiger partial charge in [0.2, 0.25) is 17.7 Å². The summed E-state index contributed by atoms with van der Waals surface area (Å²) in [7, 11) is 0. The largest absolute Gasteiger partial charge is 0.481 e. The average Bonchev–Trinajstić information content (AvgIpc) is 3.83. The summed E-state index contributed by atoms with van der Waals surface area (Å²) < 4.78 is 5.82. The number of carbonyl (C=O) groups excluding carboxylic acids is 4. The van der Waals surface area contributed by atoms with E-state index in [2.05, 4.69) is 26.3 Å². The number of amides is 4. The summed E-state index contributed by atoms with van der Waals surface area (Å²) in [5.74, 6) is -5.74. The van der Waals surface area contributed by atoms with E-state index in [1.807, 2.05) is 72.8 Å². The first kappa shape index (κ1) is 42.4. The number of aromatic nitrogens is 1. The van der Waals surface area contributed by atoms with E-state index < -0.39 is 66.3 Å². The molecule has 0 unspecified atom stereocenters. The van der Waals surface area contributed by atoms with Crippen molar-refractivity contribution in [2.45, 2.75) is 55.8 Å². The zero-order chi connectivity index (χ0) is 43.6. The van der Waals surface area contributed by atoms with Crippen LogP contribution in [-0.4, -0.2) is 81.7 Å². The number of carboxylic acid groups (broad SMARTS) is 2. The molecule has 14 heteroatoms. The molecule has 7 N–H and O–H groups in total.